The van der Waals surface area contributed by atoms with Crippen LogP contribution in [0.5, 0.6) is 23.0 Å². The highest BCUT2D eigenvalue weighted by Crippen LogP contribution is 2.27. The number of anilines is 2. The van der Waals surface area contributed by atoms with Crippen molar-refractivity contribution in [1.29, 1.82) is 0 Å². The highest BCUT2D eigenvalue weighted by molar-refractivity contribution is 6.35. The van der Waals surface area contributed by atoms with Gasteiger partial charge in [-0.05, 0) is 71.7 Å². The zero-order valence-electron chi connectivity index (χ0n) is 33.5. The number of halogens is 4. The van der Waals surface area contributed by atoms with E-state index >= 15 is 0 Å². The molecule has 4 aromatic carbocycles. The van der Waals surface area contributed by atoms with Crippen molar-refractivity contribution in [3.63, 3.8) is 0 Å². The van der Waals surface area contributed by atoms with Crippen molar-refractivity contribution in [2.45, 2.75) is 0 Å². The van der Waals surface area contributed by atoms with E-state index in [1.54, 1.807) is 87.9 Å². The Kier molecular flexibility index (Phi) is 15.1. The Bertz CT molecular complexity index is 2910. The highest BCUT2D eigenvalue weighted by Gasteiger charge is 2.10. The van der Waals surface area contributed by atoms with Crippen LogP contribution in [0.25, 0.3) is 43.6 Å². The van der Waals surface area contributed by atoms with Crippen molar-refractivity contribution in [2.75, 3.05) is 66.4 Å². The number of aromatic amines is 2. The molecule has 0 saturated carbocycles. The average Bonchev–Trinajstić information content (AvgIpc) is 3.23. The lowest BCUT2D eigenvalue weighted by molar-refractivity contribution is 0.415. The first-order valence-electron chi connectivity index (χ1n) is 17.5. The molecule has 16 nitrogen and oxygen atoms in total. The number of nitrogens with one attached hydrogen (secondary N) is 2. The van der Waals surface area contributed by atoms with Crippen LogP contribution in [0.3, 0.4) is 0 Å². The van der Waals surface area contributed by atoms with Crippen molar-refractivity contribution >= 4 is 102 Å². The number of hydrogen-bond acceptors (Lipinski definition) is 14. The van der Waals surface area contributed by atoms with Crippen LogP contribution in [0, 0.1) is 0 Å². The Hall–Kier alpha value is -6.20. The summed E-state index contributed by atoms with van der Waals surface area (Å²) in [6.45, 7) is 0. The Morgan fingerprint density at radius 3 is 1.32 bits per heavy atom. The maximum absolute atomic E-state index is 11.7. The molecule has 0 atom stereocenters. The summed E-state index contributed by atoms with van der Waals surface area (Å²) in [5, 5.41) is 3.66. The van der Waals surface area contributed by atoms with Gasteiger partial charge in [-0.3, -0.25) is 19.6 Å². The lowest BCUT2D eigenvalue weighted by atomic mass is 10.2. The Balaban J connectivity index is 0.000000152. The number of aromatic nitrogens is 8. The van der Waals surface area contributed by atoms with Gasteiger partial charge in [0.1, 0.15) is 33.3 Å². The van der Waals surface area contributed by atoms with Crippen LogP contribution < -0.4 is 39.9 Å². The molecule has 0 spiro atoms. The molecule has 0 radical (unpaired) electrons. The second kappa shape index (κ2) is 20.2. The smallest absolute Gasteiger partial charge is 0.260 e. The van der Waals surface area contributed by atoms with Crippen molar-refractivity contribution in [1.82, 2.24) is 39.9 Å². The van der Waals surface area contributed by atoms with Crippen LogP contribution in [0.1, 0.15) is 0 Å². The average molecular weight is 897 g/mol. The standard InChI is InChI=1S/C11H12ClN3O.C11H13N3O2.C9H6Cl2N2O.C9H7ClN2O2/c1-15(2)11-13-9-6-7(16-3)4-5-8(9)10(12)14-11;1-14(2)11-12-9-6-7(16-3)4-5-8(9)10(15)13-11;1-14-5-2-3-6-7(4-5)12-9(11)13-8(6)10;1-14-5-2-3-6-7(4-5)11-9(10)12-8(6)13/h4-6H,1-3H3;4-6H,1-3H3,(H,12,13,15);2-4H,1H3;2-4H,1H3,(H,11,12,13). The molecule has 4 aromatic heterocycles. The Labute approximate surface area is 363 Å². The van der Waals surface area contributed by atoms with Crippen molar-refractivity contribution < 1.29 is 18.9 Å². The summed E-state index contributed by atoms with van der Waals surface area (Å²) in [6, 6.07) is 21.1. The lowest BCUT2D eigenvalue weighted by Gasteiger charge is -2.11. The molecular weight excluding hydrogens is 858 g/mol. The second-order valence-corrected chi connectivity index (χ2v) is 14.1. The van der Waals surface area contributed by atoms with Gasteiger partial charge in [0.25, 0.3) is 11.1 Å². The topological polar surface area (TPSA) is 186 Å². The van der Waals surface area contributed by atoms with Gasteiger partial charge in [-0.1, -0.05) is 23.2 Å². The molecule has 0 saturated heterocycles. The molecular formula is C40H38Cl4N10O6. The summed E-state index contributed by atoms with van der Waals surface area (Å²) in [7, 11) is 13.7. The van der Waals surface area contributed by atoms with Crippen LogP contribution in [0.2, 0.25) is 20.9 Å². The molecule has 60 heavy (non-hydrogen) atoms. The maximum atomic E-state index is 11.7. The first kappa shape index (κ1) is 44.9. The van der Waals surface area contributed by atoms with Crippen LogP contribution >= 0.6 is 46.4 Å². The molecule has 8 rings (SSSR count). The molecule has 0 fully saturated rings. The van der Waals surface area contributed by atoms with Crippen molar-refractivity contribution in [3.05, 3.63) is 114 Å². The summed E-state index contributed by atoms with van der Waals surface area (Å²) in [5.74, 6) is 3.92. The third kappa shape index (κ3) is 11.1. The molecule has 0 aliphatic heterocycles. The maximum Gasteiger partial charge on any atom is 0.260 e. The minimum Gasteiger partial charge on any atom is -0.497 e. The second-order valence-electron chi connectivity index (χ2n) is 12.7. The number of ether oxygens (including phenoxy) is 4. The van der Waals surface area contributed by atoms with Gasteiger partial charge in [-0.25, -0.2) is 29.9 Å². The van der Waals surface area contributed by atoms with Gasteiger partial charge in [0.15, 0.2) is 0 Å². The fraction of sp³-hybridized carbons (Fsp3) is 0.200. The number of rotatable bonds is 6. The fourth-order valence-electron chi connectivity index (χ4n) is 5.22. The van der Waals surface area contributed by atoms with Gasteiger partial charge in [0.2, 0.25) is 22.5 Å². The van der Waals surface area contributed by atoms with E-state index in [0.29, 0.717) is 66.8 Å². The largest absolute Gasteiger partial charge is 0.497 e. The van der Waals surface area contributed by atoms with Crippen molar-refractivity contribution in [3.8, 4) is 23.0 Å². The fourth-order valence-corrected chi connectivity index (χ4v) is 6.09. The molecule has 0 unspecified atom stereocenters. The molecule has 0 aliphatic rings. The van der Waals surface area contributed by atoms with E-state index in [9.17, 15) is 9.59 Å². The summed E-state index contributed by atoms with van der Waals surface area (Å²) >= 11 is 23.2. The van der Waals surface area contributed by atoms with Crippen molar-refractivity contribution in [2.24, 2.45) is 0 Å². The van der Waals surface area contributed by atoms with E-state index in [1.807, 2.05) is 51.3 Å². The summed E-state index contributed by atoms with van der Waals surface area (Å²) < 4.78 is 20.3. The van der Waals surface area contributed by atoms with E-state index in [-0.39, 0.29) is 21.7 Å². The molecule has 8 aromatic rings. The molecule has 0 aliphatic carbocycles. The van der Waals surface area contributed by atoms with Crippen LogP contribution in [0.15, 0.2) is 82.4 Å². The van der Waals surface area contributed by atoms with Gasteiger partial charge >= 0.3 is 0 Å². The van der Waals surface area contributed by atoms with E-state index in [0.717, 1.165) is 22.0 Å². The normalized spacial score (nSPS) is 10.5. The number of nitrogens with zero attached hydrogens (tertiary/aromatic N) is 8. The van der Waals surface area contributed by atoms with Crippen LogP contribution in [0.4, 0.5) is 11.9 Å². The zero-order chi connectivity index (χ0) is 43.7. The molecule has 312 valence electrons. The van der Waals surface area contributed by atoms with Gasteiger partial charge in [0.05, 0.1) is 61.3 Å². The number of benzene rings is 4. The van der Waals surface area contributed by atoms with E-state index in [4.69, 9.17) is 65.4 Å². The lowest BCUT2D eigenvalue weighted by Crippen LogP contribution is -2.18. The van der Waals surface area contributed by atoms with E-state index < -0.39 is 0 Å². The highest BCUT2D eigenvalue weighted by atomic mass is 35.5. The minimum absolute atomic E-state index is 0.0794. The SMILES string of the molecule is COc1ccc2c(=O)[nH]c(Cl)nc2c1.COc1ccc2c(=O)[nH]c(N(C)C)nc2c1.COc1ccc2c(Cl)nc(Cl)nc2c1.COc1ccc2c(Cl)nc(N(C)C)nc2c1. The van der Waals surface area contributed by atoms with Gasteiger partial charge < -0.3 is 28.7 Å². The third-order valence-electron chi connectivity index (χ3n) is 8.29. The van der Waals surface area contributed by atoms with Gasteiger partial charge in [-0.2, -0.15) is 0 Å². The predicted molar refractivity (Wildman–Crippen MR) is 239 cm³/mol. The first-order valence-corrected chi connectivity index (χ1v) is 19.0. The van der Waals surface area contributed by atoms with Crippen LogP contribution in [-0.4, -0.2) is 96.5 Å². The third-order valence-corrected chi connectivity index (χ3v) is 9.21. The Morgan fingerprint density at radius 1 is 0.467 bits per heavy atom. The number of fused-ring (bicyclic) bond motifs is 4. The molecule has 20 heteroatoms. The van der Waals surface area contributed by atoms with Gasteiger partial charge in [-0.15, -0.1) is 0 Å². The molecule has 0 bridgehead atoms. The van der Waals surface area contributed by atoms with E-state index in [2.05, 4.69) is 39.9 Å². The number of hydrogen-bond donors (Lipinski definition) is 2. The monoisotopic (exact) mass is 894 g/mol. The molecule has 0 amide bonds. The number of methoxy groups -OCH3 is 4. The van der Waals surface area contributed by atoms with Crippen LogP contribution in [-0.2, 0) is 0 Å². The van der Waals surface area contributed by atoms with Gasteiger partial charge in [0, 0.05) is 63.2 Å². The Morgan fingerprint density at radius 2 is 0.867 bits per heavy atom. The van der Waals surface area contributed by atoms with E-state index in [1.165, 1.54) is 0 Å². The summed E-state index contributed by atoms with van der Waals surface area (Å²) in [4.78, 5) is 56.6. The minimum atomic E-state index is -0.248. The number of H-pyrrole nitrogens is 2. The molecule has 4 heterocycles. The quantitative estimate of drug-likeness (QED) is 0.121. The summed E-state index contributed by atoms with van der Waals surface area (Å²) in [5.41, 5.74) is 2.22. The first-order chi connectivity index (χ1) is 28.6. The molecule has 2 N–H and O–H groups in total. The zero-order valence-corrected chi connectivity index (χ0v) is 36.5. The summed E-state index contributed by atoms with van der Waals surface area (Å²) in [6.07, 6.45) is 0. The predicted octanol–water partition coefficient (Wildman–Crippen LogP) is 7.89.